The van der Waals surface area contributed by atoms with Gasteiger partial charge >= 0.3 is 11.9 Å². The number of rotatable bonds is 5. The number of likely N-dealkylation sites (tertiary alicyclic amines) is 2. The van der Waals surface area contributed by atoms with Crippen LogP contribution in [0.25, 0.3) is 0 Å². The molecule has 0 bridgehead atoms. The van der Waals surface area contributed by atoms with E-state index < -0.39 is 23.4 Å². The van der Waals surface area contributed by atoms with Gasteiger partial charge in [-0.2, -0.15) is 0 Å². The van der Waals surface area contributed by atoms with Gasteiger partial charge in [-0.1, -0.05) is 6.07 Å². The smallest absolute Gasteiger partial charge is 0.339 e. The predicted molar refractivity (Wildman–Crippen MR) is 95.7 cm³/mol. The van der Waals surface area contributed by atoms with Crippen molar-refractivity contribution in [3.8, 4) is 5.75 Å². The lowest BCUT2D eigenvalue weighted by Crippen LogP contribution is -2.55. The normalized spacial score (nSPS) is 22.2. The zero-order chi connectivity index (χ0) is 19.8. The Balaban J connectivity index is 1.71. The molecule has 3 rings (SSSR count). The van der Waals surface area contributed by atoms with Crippen LogP contribution in [-0.4, -0.2) is 70.6 Å². The van der Waals surface area contributed by atoms with Crippen molar-refractivity contribution in [2.24, 2.45) is 5.92 Å². The summed E-state index contributed by atoms with van der Waals surface area (Å²) in [5, 5.41) is 18.9. The first-order valence-electron chi connectivity index (χ1n) is 8.90. The molecule has 0 radical (unpaired) electrons. The third-order valence-electron chi connectivity index (χ3n) is 5.99. The highest BCUT2D eigenvalue weighted by molar-refractivity contribution is 5.91. The average Bonchev–Trinajstić information content (AvgIpc) is 2.89. The molecule has 0 saturated carbocycles. The summed E-state index contributed by atoms with van der Waals surface area (Å²) in [6, 6.07) is 5.09. The van der Waals surface area contributed by atoms with Crippen molar-refractivity contribution in [1.82, 2.24) is 9.80 Å². The monoisotopic (exact) mass is 376 g/mol. The molecule has 27 heavy (non-hydrogen) atoms. The van der Waals surface area contributed by atoms with Crippen LogP contribution in [0.1, 0.15) is 35.2 Å². The van der Waals surface area contributed by atoms with E-state index in [-0.39, 0.29) is 17.9 Å². The Hall–Kier alpha value is -2.61. The van der Waals surface area contributed by atoms with Crippen molar-refractivity contribution in [3.63, 3.8) is 0 Å². The minimum Gasteiger partial charge on any atom is -0.496 e. The number of nitrogens with zero attached hydrogens (tertiary/aromatic N) is 2. The molecule has 2 saturated heterocycles. The first kappa shape index (κ1) is 19.2. The van der Waals surface area contributed by atoms with Crippen LogP contribution in [0.2, 0.25) is 0 Å². The van der Waals surface area contributed by atoms with Crippen LogP contribution in [0.4, 0.5) is 0 Å². The Morgan fingerprint density at radius 1 is 1.26 bits per heavy atom. The summed E-state index contributed by atoms with van der Waals surface area (Å²) in [5.41, 5.74) is 0.358. The van der Waals surface area contributed by atoms with Crippen LogP contribution in [0.5, 0.6) is 5.75 Å². The van der Waals surface area contributed by atoms with E-state index in [0.29, 0.717) is 38.2 Å². The summed E-state index contributed by atoms with van der Waals surface area (Å²) in [6.45, 7) is 1.86. The van der Waals surface area contributed by atoms with Gasteiger partial charge in [-0.25, -0.2) is 4.79 Å². The third kappa shape index (κ3) is 3.37. The summed E-state index contributed by atoms with van der Waals surface area (Å²) in [4.78, 5) is 38.9. The van der Waals surface area contributed by atoms with Gasteiger partial charge in [-0.05, 0) is 30.5 Å². The topological polar surface area (TPSA) is 107 Å². The predicted octanol–water partition coefficient (Wildman–Crippen LogP) is 1.29. The van der Waals surface area contributed by atoms with Gasteiger partial charge < -0.3 is 19.8 Å². The molecule has 2 aliphatic heterocycles. The van der Waals surface area contributed by atoms with Crippen LogP contribution in [-0.2, 0) is 16.1 Å². The maximum Gasteiger partial charge on any atom is 0.339 e. The van der Waals surface area contributed by atoms with Crippen molar-refractivity contribution in [1.29, 1.82) is 0 Å². The third-order valence-corrected chi connectivity index (χ3v) is 5.99. The number of hydrogen-bond acceptors (Lipinski definition) is 5. The highest BCUT2D eigenvalue weighted by atomic mass is 16.5. The molecule has 0 aliphatic carbocycles. The number of carboxylic acid groups (broad SMARTS) is 2. The second-order valence-corrected chi connectivity index (χ2v) is 7.27. The number of hydrogen-bond donors (Lipinski definition) is 2. The molecule has 2 fully saturated rings. The van der Waals surface area contributed by atoms with Crippen LogP contribution in [0.3, 0.4) is 0 Å². The summed E-state index contributed by atoms with van der Waals surface area (Å²) < 4.78 is 5.08. The summed E-state index contributed by atoms with van der Waals surface area (Å²) in [7, 11) is 3.13. The number of piperidine rings is 1. The first-order chi connectivity index (χ1) is 12.8. The van der Waals surface area contributed by atoms with E-state index in [1.807, 2.05) is 6.07 Å². The molecule has 8 heteroatoms. The Bertz CT molecular complexity index is 769. The number of aromatic carboxylic acids is 1. The summed E-state index contributed by atoms with van der Waals surface area (Å²) in [5.74, 6) is -2.42. The molecule has 2 aliphatic rings. The molecule has 0 aromatic heterocycles. The van der Waals surface area contributed by atoms with Crippen molar-refractivity contribution >= 4 is 17.8 Å². The number of methoxy groups -OCH3 is 1. The quantitative estimate of drug-likeness (QED) is 0.797. The Morgan fingerprint density at radius 3 is 2.48 bits per heavy atom. The Kier molecular flexibility index (Phi) is 5.10. The van der Waals surface area contributed by atoms with Gasteiger partial charge in [0.05, 0.1) is 18.6 Å². The van der Waals surface area contributed by atoms with Crippen molar-refractivity contribution in [2.75, 3.05) is 27.2 Å². The van der Waals surface area contributed by atoms with E-state index in [1.54, 1.807) is 24.1 Å². The lowest BCUT2D eigenvalue weighted by molar-refractivity contribution is -0.146. The zero-order valence-corrected chi connectivity index (χ0v) is 15.5. The molecule has 146 valence electrons. The second-order valence-electron chi connectivity index (χ2n) is 7.27. The fraction of sp³-hybridized carbons (Fsp3) is 0.526. The van der Waals surface area contributed by atoms with Crippen molar-refractivity contribution < 1.29 is 29.3 Å². The number of ether oxygens (including phenoxy) is 1. The van der Waals surface area contributed by atoms with E-state index in [2.05, 4.69) is 4.90 Å². The number of carboxylic acids is 2. The summed E-state index contributed by atoms with van der Waals surface area (Å²) in [6.07, 6.45) is 1.24. The van der Waals surface area contributed by atoms with Crippen LogP contribution >= 0.6 is 0 Å². The number of amides is 1. The molecule has 1 aromatic rings. The molecule has 2 heterocycles. The largest absolute Gasteiger partial charge is 0.496 e. The molecule has 8 nitrogen and oxygen atoms in total. The van der Waals surface area contributed by atoms with Gasteiger partial charge in [0.2, 0.25) is 5.91 Å². The molecule has 1 atom stereocenters. The zero-order valence-electron chi connectivity index (χ0n) is 15.5. The lowest BCUT2D eigenvalue weighted by Gasteiger charge is -2.45. The van der Waals surface area contributed by atoms with Gasteiger partial charge in [-0.15, -0.1) is 0 Å². The molecular weight excluding hydrogens is 352 g/mol. The maximum absolute atomic E-state index is 12.1. The van der Waals surface area contributed by atoms with E-state index in [9.17, 15) is 24.6 Å². The highest BCUT2D eigenvalue weighted by Gasteiger charge is 2.55. The van der Waals surface area contributed by atoms with Crippen LogP contribution in [0.15, 0.2) is 18.2 Å². The average molecular weight is 376 g/mol. The standard InChI is InChI=1S/C19H24N2O6/c1-20-16(22)10-14(18(25)26)19(20)5-7-21(8-6-19)11-12-3-4-15(27-2)13(9-12)17(23)24/h3-4,9,14H,5-8,10-11H2,1-2H3,(H,23,24)(H,25,26)/t14-/m0/s1. The number of carbonyl (C=O) groups excluding carboxylic acids is 1. The van der Waals surface area contributed by atoms with Crippen molar-refractivity contribution in [3.05, 3.63) is 29.3 Å². The van der Waals surface area contributed by atoms with E-state index in [4.69, 9.17) is 4.74 Å². The number of aliphatic carboxylic acids is 1. The fourth-order valence-corrected chi connectivity index (χ4v) is 4.36. The van der Waals surface area contributed by atoms with Gasteiger partial charge in [0.15, 0.2) is 0 Å². The van der Waals surface area contributed by atoms with Gasteiger partial charge in [0, 0.05) is 33.1 Å². The van der Waals surface area contributed by atoms with Crippen LogP contribution in [0, 0.1) is 5.92 Å². The molecule has 0 unspecified atom stereocenters. The second kappa shape index (κ2) is 7.19. The van der Waals surface area contributed by atoms with Crippen LogP contribution < -0.4 is 4.74 Å². The number of benzene rings is 1. The minimum atomic E-state index is -1.04. The molecule has 1 spiro atoms. The highest BCUT2D eigenvalue weighted by Crippen LogP contribution is 2.43. The Labute approximate surface area is 157 Å². The molecule has 1 amide bonds. The fourth-order valence-electron chi connectivity index (χ4n) is 4.36. The Morgan fingerprint density at radius 2 is 1.93 bits per heavy atom. The van der Waals surface area contributed by atoms with Gasteiger partial charge in [0.1, 0.15) is 11.3 Å². The van der Waals surface area contributed by atoms with E-state index in [1.165, 1.54) is 7.11 Å². The van der Waals surface area contributed by atoms with E-state index >= 15 is 0 Å². The number of carbonyl (C=O) groups is 3. The maximum atomic E-state index is 12.1. The minimum absolute atomic E-state index is 0.0618. The van der Waals surface area contributed by atoms with Gasteiger partial charge in [0.25, 0.3) is 0 Å². The molecule has 1 aromatic carbocycles. The van der Waals surface area contributed by atoms with Crippen molar-refractivity contribution in [2.45, 2.75) is 31.3 Å². The molecule has 2 N–H and O–H groups in total. The lowest BCUT2D eigenvalue weighted by atomic mass is 9.77. The SMILES string of the molecule is COc1ccc(CN2CCC3(CC2)[C@H](C(=O)O)CC(=O)N3C)cc1C(=O)O. The summed E-state index contributed by atoms with van der Waals surface area (Å²) >= 11 is 0. The first-order valence-corrected chi connectivity index (χ1v) is 8.90. The van der Waals surface area contributed by atoms with Gasteiger partial charge in [-0.3, -0.25) is 14.5 Å². The van der Waals surface area contributed by atoms with E-state index in [0.717, 1.165) is 5.56 Å². The molecular formula is C19H24N2O6.